The quantitative estimate of drug-likeness (QED) is 0.565. The lowest BCUT2D eigenvalue weighted by Gasteiger charge is -2.19. The smallest absolute Gasteiger partial charge is 0.355 e. The van der Waals surface area contributed by atoms with Crippen molar-refractivity contribution in [1.82, 2.24) is 5.01 Å². The predicted octanol–water partition coefficient (Wildman–Crippen LogP) is 1.24. The number of carbonyl (C=O) groups excluding carboxylic acids is 4. The van der Waals surface area contributed by atoms with E-state index in [1.807, 2.05) is 0 Å². The summed E-state index contributed by atoms with van der Waals surface area (Å²) >= 11 is 11.9. The van der Waals surface area contributed by atoms with Crippen LogP contribution < -0.4 is 4.90 Å². The summed E-state index contributed by atoms with van der Waals surface area (Å²) in [6, 6.07) is 2.98. The van der Waals surface area contributed by atoms with Crippen LogP contribution >= 0.6 is 23.2 Å². The normalized spacial score (nSPS) is 22.2. The second-order valence-electron chi connectivity index (χ2n) is 5.40. The molecule has 1 saturated heterocycles. The van der Waals surface area contributed by atoms with Crippen molar-refractivity contribution < 1.29 is 23.9 Å². The molecule has 2 atom stereocenters. The van der Waals surface area contributed by atoms with Crippen LogP contribution in [0.5, 0.6) is 0 Å². The molecule has 2 aliphatic heterocycles. The number of rotatable bonds is 2. The van der Waals surface area contributed by atoms with E-state index in [-0.39, 0.29) is 21.4 Å². The molecule has 130 valence electrons. The summed E-state index contributed by atoms with van der Waals surface area (Å²) in [5.41, 5.74) is -0.147. The molecule has 0 spiro atoms. The van der Waals surface area contributed by atoms with E-state index in [9.17, 15) is 19.2 Å². The highest BCUT2D eigenvalue weighted by Crippen LogP contribution is 2.37. The molecule has 25 heavy (non-hydrogen) atoms. The van der Waals surface area contributed by atoms with Crippen molar-refractivity contribution in [2.24, 2.45) is 11.0 Å². The number of imide groups is 1. The Morgan fingerprint density at radius 3 is 2.24 bits per heavy atom. The van der Waals surface area contributed by atoms with E-state index in [4.69, 9.17) is 23.2 Å². The van der Waals surface area contributed by atoms with Crippen LogP contribution in [0.3, 0.4) is 0 Å². The zero-order valence-corrected chi connectivity index (χ0v) is 14.5. The number of benzene rings is 1. The van der Waals surface area contributed by atoms with Crippen molar-refractivity contribution in [2.45, 2.75) is 13.0 Å². The summed E-state index contributed by atoms with van der Waals surface area (Å²) in [6.45, 7) is 1.18. The molecule has 1 aromatic carbocycles. The molecule has 0 unspecified atom stereocenters. The second kappa shape index (κ2) is 6.12. The summed E-state index contributed by atoms with van der Waals surface area (Å²) in [4.78, 5) is 50.2. The minimum absolute atomic E-state index is 0.148. The first-order valence-corrected chi connectivity index (χ1v) is 7.82. The molecule has 0 aromatic heterocycles. The lowest BCUT2D eigenvalue weighted by molar-refractivity contribution is -0.136. The number of esters is 1. The highest BCUT2D eigenvalue weighted by atomic mass is 35.5. The summed E-state index contributed by atoms with van der Waals surface area (Å²) in [5.74, 6) is -4.11. The highest BCUT2D eigenvalue weighted by molar-refractivity contribution is 6.47. The molecule has 1 fully saturated rings. The van der Waals surface area contributed by atoms with E-state index in [2.05, 4.69) is 9.84 Å². The van der Waals surface area contributed by atoms with Gasteiger partial charge in [-0.25, -0.2) is 14.7 Å². The first-order chi connectivity index (χ1) is 11.8. The van der Waals surface area contributed by atoms with Gasteiger partial charge in [-0.15, -0.1) is 0 Å². The Bertz CT molecular complexity index is 833. The Balaban J connectivity index is 2.09. The number of hydrogen-bond donors (Lipinski definition) is 0. The van der Waals surface area contributed by atoms with Gasteiger partial charge in [0.15, 0.2) is 11.8 Å². The molecule has 3 amide bonds. The van der Waals surface area contributed by atoms with Crippen LogP contribution in [-0.2, 0) is 23.9 Å². The van der Waals surface area contributed by atoms with Crippen molar-refractivity contribution >= 4 is 58.3 Å². The number of hydrazone groups is 1. The van der Waals surface area contributed by atoms with Crippen LogP contribution in [0, 0.1) is 5.92 Å². The van der Waals surface area contributed by atoms with E-state index >= 15 is 0 Å². The lowest BCUT2D eigenvalue weighted by atomic mass is 9.98. The average Bonchev–Trinajstić information content (AvgIpc) is 3.03. The van der Waals surface area contributed by atoms with Crippen LogP contribution in [0.15, 0.2) is 23.3 Å². The molecule has 1 aromatic rings. The molecule has 2 heterocycles. The third-order valence-corrected chi connectivity index (χ3v) is 4.31. The summed E-state index contributed by atoms with van der Waals surface area (Å²) < 4.78 is 4.60. The number of nitrogens with zero attached hydrogens (tertiary/aromatic N) is 3. The molecule has 0 aliphatic carbocycles. The SMILES string of the molecule is COC(=O)C1=NN(C(C)=O)[C@@H]2C(=O)N(c3cc(Cl)cc(Cl)c3)C(=O)[C@@H]12. The first kappa shape index (κ1) is 17.4. The van der Waals surface area contributed by atoms with Crippen molar-refractivity contribution in [3.63, 3.8) is 0 Å². The zero-order valence-electron chi connectivity index (χ0n) is 13.0. The molecule has 2 aliphatic rings. The van der Waals surface area contributed by atoms with Gasteiger partial charge in [0.1, 0.15) is 5.92 Å². The Hall–Kier alpha value is -2.45. The molecule has 0 saturated carbocycles. The Kier molecular flexibility index (Phi) is 4.26. The molecule has 3 rings (SSSR count). The van der Waals surface area contributed by atoms with E-state index < -0.39 is 35.7 Å². The number of methoxy groups -OCH3 is 1. The van der Waals surface area contributed by atoms with Gasteiger partial charge in [-0.2, -0.15) is 5.10 Å². The first-order valence-electron chi connectivity index (χ1n) is 7.06. The predicted molar refractivity (Wildman–Crippen MR) is 88.2 cm³/mol. The van der Waals surface area contributed by atoms with Gasteiger partial charge >= 0.3 is 5.97 Å². The monoisotopic (exact) mass is 383 g/mol. The summed E-state index contributed by atoms with van der Waals surface area (Å²) in [6.07, 6.45) is 0. The third kappa shape index (κ3) is 2.67. The summed E-state index contributed by atoms with van der Waals surface area (Å²) in [7, 11) is 1.12. The van der Waals surface area contributed by atoms with Crippen LogP contribution in [-0.4, -0.2) is 47.6 Å². The van der Waals surface area contributed by atoms with Crippen LogP contribution in [0.2, 0.25) is 10.0 Å². The Morgan fingerprint density at radius 2 is 1.72 bits per heavy atom. The molecular weight excluding hydrogens is 373 g/mol. The van der Waals surface area contributed by atoms with Crippen molar-refractivity contribution in [2.75, 3.05) is 12.0 Å². The number of anilines is 1. The summed E-state index contributed by atoms with van der Waals surface area (Å²) in [5, 5.41) is 5.09. The van der Waals surface area contributed by atoms with Gasteiger partial charge in [0, 0.05) is 17.0 Å². The largest absolute Gasteiger partial charge is 0.464 e. The lowest BCUT2D eigenvalue weighted by Crippen LogP contribution is -2.41. The van der Waals surface area contributed by atoms with Gasteiger partial charge in [0.05, 0.1) is 12.8 Å². The number of hydrogen-bond acceptors (Lipinski definition) is 6. The molecule has 10 heteroatoms. The van der Waals surface area contributed by atoms with Gasteiger partial charge in [0.25, 0.3) is 5.91 Å². The van der Waals surface area contributed by atoms with E-state index in [0.29, 0.717) is 0 Å². The molecule has 0 N–H and O–H groups in total. The molecule has 8 nitrogen and oxygen atoms in total. The van der Waals surface area contributed by atoms with E-state index in [1.165, 1.54) is 25.1 Å². The second-order valence-corrected chi connectivity index (χ2v) is 6.28. The maximum atomic E-state index is 12.8. The topological polar surface area (TPSA) is 96.3 Å². The van der Waals surface area contributed by atoms with Gasteiger partial charge < -0.3 is 4.74 Å². The maximum Gasteiger partial charge on any atom is 0.355 e. The fourth-order valence-corrected chi connectivity index (χ4v) is 3.39. The minimum atomic E-state index is -1.24. The van der Waals surface area contributed by atoms with Crippen molar-refractivity contribution in [3.05, 3.63) is 28.2 Å². The minimum Gasteiger partial charge on any atom is -0.464 e. The van der Waals surface area contributed by atoms with E-state index in [0.717, 1.165) is 17.0 Å². The maximum absolute atomic E-state index is 12.8. The molecule has 0 radical (unpaired) electrons. The third-order valence-electron chi connectivity index (χ3n) is 3.87. The van der Waals surface area contributed by atoms with Gasteiger partial charge in [-0.05, 0) is 18.2 Å². The number of amides is 3. The zero-order chi connectivity index (χ0) is 18.5. The molecule has 0 bridgehead atoms. The fraction of sp³-hybridized carbons (Fsp3) is 0.267. The number of fused-ring (bicyclic) bond motifs is 1. The average molecular weight is 384 g/mol. The van der Waals surface area contributed by atoms with Crippen molar-refractivity contribution in [1.29, 1.82) is 0 Å². The van der Waals surface area contributed by atoms with Gasteiger partial charge in [-0.3, -0.25) is 14.4 Å². The standard InChI is InChI=1S/C15H11Cl2N3O5/c1-6(21)20-12-10(11(18-20)15(24)25-2)13(22)19(14(12)23)9-4-7(16)3-8(17)5-9/h3-5,10,12H,1-2H3/t10-,12-/m0/s1. The van der Waals surface area contributed by atoms with Crippen molar-refractivity contribution in [3.8, 4) is 0 Å². The Morgan fingerprint density at radius 1 is 1.12 bits per heavy atom. The van der Waals surface area contributed by atoms with Gasteiger partial charge in [-0.1, -0.05) is 23.2 Å². The van der Waals surface area contributed by atoms with Gasteiger partial charge in [0.2, 0.25) is 11.8 Å². The van der Waals surface area contributed by atoms with Crippen LogP contribution in [0.25, 0.3) is 0 Å². The van der Waals surface area contributed by atoms with Crippen LogP contribution in [0.4, 0.5) is 5.69 Å². The molecular formula is C15H11Cl2N3O5. The number of ether oxygens (including phenoxy) is 1. The Labute approximate surface area is 151 Å². The fourth-order valence-electron chi connectivity index (χ4n) is 2.87. The van der Waals surface area contributed by atoms with E-state index in [1.54, 1.807) is 0 Å². The highest BCUT2D eigenvalue weighted by Gasteiger charge is 2.59. The number of halogens is 2. The van der Waals surface area contributed by atoms with Crippen LogP contribution in [0.1, 0.15) is 6.92 Å². The number of carbonyl (C=O) groups is 4.